The summed E-state index contributed by atoms with van der Waals surface area (Å²) in [6.45, 7) is 0. The molecule has 0 bridgehead atoms. The van der Waals surface area contributed by atoms with Gasteiger partial charge in [-0.1, -0.05) is 109 Å². The van der Waals surface area contributed by atoms with E-state index in [1.54, 1.807) is 11.3 Å². The van der Waals surface area contributed by atoms with E-state index < -0.39 is 0 Å². The van der Waals surface area contributed by atoms with E-state index in [-0.39, 0.29) is 0 Å². The summed E-state index contributed by atoms with van der Waals surface area (Å²) in [4.78, 5) is 15.2. The molecule has 0 aliphatic rings. The van der Waals surface area contributed by atoms with Crippen LogP contribution in [0, 0.1) is 0 Å². The lowest BCUT2D eigenvalue weighted by Crippen LogP contribution is -1.93. The van der Waals surface area contributed by atoms with E-state index in [4.69, 9.17) is 15.0 Å². The van der Waals surface area contributed by atoms with Crippen LogP contribution < -0.4 is 0 Å². The molecule has 0 aliphatic heterocycles. The second-order valence-corrected chi connectivity index (χ2v) is 13.2. The molecule has 0 N–H and O–H groups in total. The summed E-state index contributed by atoms with van der Waals surface area (Å²) in [5.74, 6) is 0. The molecule has 4 aromatic heterocycles. The number of pyridine rings is 2. The van der Waals surface area contributed by atoms with Crippen LogP contribution in [0.25, 0.3) is 92.5 Å². The van der Waals surface area contributed by atoms with Crippen LogP contribution in [0.5, 0.6) is 0 Å². The fourth-order valence-corrected chi connectivity index (χ4v) is 7.78. The number of benzene rings is 6. The fourth-order valence-electron chi connectivity index (χ4n) is 6.82. The van der Waals surface area contributed by atoms with Crippen molar-refractivity contribution in [2.24, 2.45) is 0 Å². The zero-order chi connectivity index (χ0) is 31.6. The first kappa shape index (κ1) is 27.0. The molecule has 4 heterocycles. The Morgan fingerprint density at radius 2 is 1.17 bits per heavy atom. The van der Waals surface area contributed by atoms with Crippen LogP contribution in [0.3, 0.4) is 0 Å². The number of fused-ring (bicyclic) bond motifs is 7. The molecule has 0 aliphatic carbocycles. The third-order valence-corrected chi connectivity index (χ3v) is 10.3. The molecule has 0 radical (unpaired) electrons. The van der Waals surface area contributed by atoms with Crippen molar-refractivity contribution >= 4 is 59.6 Å². The van der Waals surface area contributed by atoms with Crippen LogP contribution in [0.2, 0.25) is 0 Å². The van der Waals surface area contributed by atoms with Gasteiger partial charge in [-0.3, -0.25) is 0 Å². The van der Waals surface area contributed by atoms with Gasteiger partial charge in [-0.2, -0.15) is 0 Å². The number of thiazole rings is 1. The average molecular weight is 631 g/mol. The van der Waals surface area contributed by atoms with Crippen LogP contribution in [0.1, 0.15) is 0 Å². The summed E-state index contributed by atoms with van der Waals surface area (Å²) >= 11 is 1.74. The van der Waals surface area contributed by atoms with E-state index in [0.717, 1.165) is 65.9 Å². The van der Waals surface area contributed by atoms with Crippen molar-refractivity contribution < 1.29 is 0 Å². The van der Waals surface area contributed by atoms with Crippen molar-refractivity contribution in [1.29, 1.82) is 0 Å². The molecule has 224 valence electrons. The molecule has 0 fully saturated rings. The molecule has 48 heavy (non-hydrogen) atoms. The molecule has 0 amide bonds. The second kappa shape index (κ2) is 10.7. The Labute approximate surface area is 280 Å². The van der Waals surface area contributed by atoms with Gasteiger partial charge in [-0.15, -0.1) is 11.3 Å². The lowest BCUT2D eigenvalue weighted by molar-refractivity contribution is 1.20. The molecule has 4 nitrogen and oxygen atoms in total. The number of nitrogens with zero attached hydrogens (tertiary/aromatic N) is 4. The van der Waals surface area contributed by atoms with E-state index in [1.807, 2.05) is 12.1 Å². The maximum Gasteiger partial charge on any atom is 0.146 e. The zero-order valence-electron chi connectivity index (χ0n) is 25.7. The fraction of sp³-hybridized carbons (Fsp3) is 0. The van der Waals surface area contributed by atoms with E-state index in [0.29, 0.717) is 0 Å². The Balaban J connectivity index is 1.04. The van der Waals surface area contributed by atoms with Crippen molar-refractivity contribution in [2.75, 3.05) is 0 Å². The van der Waals surface area contributed by atoms with E-state index in [9.17, 15) is 0 Å². The summed E-state index contributed by atoms with van der Waals surface area (Å²) in [5.41, 5.74) is 10.6. The molecule has 5 heteroatoms. The predicted molar refractivity (Wildman–Crippen MR) is 200 cm³/mol. The molecule has 6 aromatic carbocycles. The molecule has 0 saturated carbocycles. The molecule has 10 aromatic rings. The van der Waals surface area contributed by atoms with Crippen molar-refractivity contribution in [3.8, 4) is 44.2 Å². The van der Waals surface area contributed by atoms with Crippen LogP contribution in [-0.2, 0) is 0 Å². The van der Waals surface area contributed by atoms with Crippen LogP contribution in [0.15, 0.2) is 158 Å². The van der Waals surface area contributed by atoms with Crippen LogP contribution in [0.4, 0.5) is 0 Å². The Kier molecular flexibility index (Phi) is 6.01. The second-order valence-electron chi connectivity index (χ2n) is 12.1. The smallest absolute Gasteiger partial charge is 0.146 e. The normalized spacial score (nSPS) is 11.8. The monoisotopic (exact) mass is 630 g/mol. The summed E-state index contributed by atoms with van der Waals surface area (Å²) in [7, 11) is 0. The molecule has 0 atom stereocenters. The highest BCUT2D eigenvalue weighted by Gasteiger charge is 2.16. The van der Waals surface area contributed by atoms with Gasteiger partial charge in [0.2, 0.25) is 0 Å². The molecule has 0 saturated heterocycles. The predicted octanol–water partition coefficient (Wildman–Crippen LogP) is 11.5. The standard InChI is InChI=1S/C43H26N4S/c1-2-8-28(9-3-1)38-26-47-23-22-35-40(42(47)45-38)34-10-4-5-11-36(34)44-41(35)29-16-14-27(15-17-29)30-18-19-32-25-33(21-20-31(32)24-30)43-46-37-12-6-7-13-39(37)48-43/h1-26H. The van der Waals surface area contributed by atoms with Gasteiger partial charge in [0.1, 0.15) is 10.7 Å². The van der Waals surface area contributed by atoms with Gasteiger partial charge in [0, 0.05) is 45.2 Å². The van der Waals surface area contributed by atoms with Gasteiger partial charge >= 0.3 is 0 Å². The van der Waals surface area contributed by atoms with Crippen LogP contribution >= 0.6 is 11.3 Å². The first-order valence-electron chi connectivity index (χ1n) is 16.0. The zero-order valence-corrected chi connectivity index (χ0v) is 26.5. The number of hydrogen-bond donors (Lipinski definition) is 0. The van der Waals surface area contributed by atoms with Gasteiger partial charge < -0.3 is 4.40 Å². The van der Waals surface area contributed by atoms with E-state index in [1.165, 1.54) is 26.6 Å². The minimum Gasteiger partial charge on any atom is -0.306 e. The quantitative estimate of drug-likeness (QED) is 0.182. The summed E-state index contributed by atoms with van der Waals surface area (Å²) < 4.78 is 3.34. The maximum absolute atomic E-state index is 5.19. The summed E-state index contributed by atoms with van der Waals surface area (Å²) in [6, 6.07) is 51.3. The number of hydrogen-bond acceptors (Lipinski definition) is 4. The molecular formula is C43H26N4S. The minimum atomic E-state index is 0.935. The highest BCUT2D eigenvalue weighted by molar-refractivity contribution is 7.21. The molecule has 0 unspecified atom stereocenters. The number of imidazole rings is 1. The van der Waals surface area contributed by atoms with Crippen LogP contribution in [-0.4, -0.2) is 19.4 Å². The molecule has 0 spiro atoms. The molecule has 10 rings (SSSR count). The largest absolute Gasteiger partial charge is 0.306 e. The van der Waals surface area contributed by atoms with Crippen molar-refractivity contribution in [3.63, 3.8) is 0 Å². The van der Waals surface area contributed by atoms with Gasteiger partial charge in [0.25, 0.3) is 0 Å². The van der Waals surface area contributed by atoms with Crippen molar-refractivity contribution in [2.45, 2.75) is 0 Å². The third-order valence-electron chi connectivity index (χ3n) is 9.23. The number of para-hydroxylation sites is 2. The Bertz CT molecular complexity index is 2800. The van der Waals surface area contributed by atoms with E-state index >= 15 is 0 Å². The minimum absolute atomic E-state index is 0.935. The average Bonchev–Trinajstić information content (AvgIpc) is 3.80. The Hall–Kier alpha value is -6.17. The van der Waals surface area contributed by atoms with Gasteiger partial charge in [-0.05, 0) is 58.3 Å². The summed E-state index contributed by atoms with van der Waals surface area (Å²) in [5, 5.41) is 6.78. The SMILES string of the molecule is c1ccc(-c2cn3ccc4c(-c5ccc(-c6ccc7cc(-c8nc9ccccc9s8)ccc7c6)cc5)nc5ccccc5c4c3n2)cc1. The topological polar surface area (TPSA) is 43.1 Å². The highest BCUT2D eigenvalue weighted by atomic mass is 32.1. The Morgan fingerprint density at radius 1 is 0.479 bits per heavy atom. The van der Waals surface area contributed by atoms with E-state index in [2.05, 4.69) is 150 Å². The first-order valence-corrected chi connectivity index (χ1v) is 16.8. The first-order chi connectivity index (χ1) is 23.7. The maximum atomic E-state index is 5.19. The lowest BCUT2D eigenvalue weighted by Gasteiger charge is -2.12. The van der Waals surface area contributed by atoms with Crippen molar-refractivity contribution in [3.05, 3.63) is 158 Å². The lowest BCUT2D eigenvalue weighted by atomic mass is 9.97. The highest BCUT2D eigenvalue weighted by Crippen LogP contribution is 2.37. The van der Waals surface area contributed by atoms with Crippen molar-refractivity contribution in [1.82, 2.24) is 19.4 Å². The van der Waals surface area contributed by atoms with Gasteiger partial charge in [0.05, 0.1) is 27.1 Å². The number of aromatic nitrogens is 4. The Morgan fingerprint density at radius 3 is 2.00 bits per heavy atom. The molecular weight excluding hydrogens is 605 g/mol. The number of rotatable bonds is 4. The van der Waals surface area contributed by atoms with Gasteiger partial charge in [-0.25, -0.2) is 15.0 Å². The third kappa shape index (κ3) is 4.40. The van der Waals surface area contributed by atoms with Gasteiger partial charge in [0.15, 0.2) is 0 Å². The summed E-state index contributed by atoms with van der Waals surface area (Å²) in [6.07, 6.45) is 4.21.